The maximum atomic E-state index is 13.2. The molecule has 0 unspecified atom stereocenters. The number of benzene rings is 3. The fourth-order valence-electron chi connectivity index (χ4n) is 3.70. The summed E-state index contributed by atoms with van der Waals surface area (Å²) in [5.74, 6) is -1.39. The number of nitrogens with one attached hydrogen (secondary N) is 3. The summed E-state index contributed by atoms with van der Waals surface area (Å²) in [5.41, 5.74) is -0.272. The number of H-pyrrole nitrogens is 1. The van der Waals surface area contributed by atoms with Gasteiger partial charge in [0.25, 0.3) is 15.9 Å². The van der Waals surface area contributed by atoms with Crippen LogP contribution in [0.3, 0.4) is 0 Å². The third-order valence-corrected chi connectivity index (χ3v) is 7.09. The van der Waals surface area contributed by atoms with Crippen LogP contribution in [-0.2, 0) is 19.6 Å². The van der Waals surface area contributed by atoms with E-state index in [0.717, 1.165) is 18.2 Å². The molecule has 11 nitrogen and oxygen atoms in total. The Morgan fingerprint density at radius 2 is 1.55 bits per heavy atom. The number of fused-ring (bicyclic) bond motifs is 1. The normalized spacial score (nSPS) is 11.9. The van der Waals surface area contributed by atoms with Gasteiger partial charge in [-0.15, -0.1) is 0 Å². The molecule has 3 N–H and O–H groups in total. The molecule has 3 aromatic carbocycles. The van der Waals surface area contributed by atoms with Crippen LogP contribution in [-0.4, -0.2) is 45.6 Å². The first-order valence-corrected chi connectivity index (χ1v) is 13.2. The third kappa shape index (κ3) is 6.38. The van der Waals surface area contributed by atoms with Gasteiger partial charge in [-0.25, -0.2) is 17.6 Å². The maximum absolute atomic E-state index is 13.2. The van der Waals surface area contributed by atoms with E-state index in [2.05, 4.69) is 15.0 Å². The molecule has 0 radical (unpaired) electrons. The molecule has 0 bridgehead atoms. The molecule has 0 aliphatic carbocycles. The van der Waals surface area contributed by atoms with Crippen LogP contribution in [0.5, 0.6) is 11.5 Å². The van der Waals surface area contributed by atoms with Gasteiger partial charge in [0.05, 0.1) is 24.7 Å². The number of hydrogen-bond donors (Lipinski definition) is 3. The standard InChI is InChI=1S/C27H24FN3O8S/c1-15(26(33)29-18-10-19(37-2)12-20(11-18)38-3)39-27(34)23-14-25(32)30-24-9-8-21(13-22(23)24)40(35,36)31-17-6-4-16(28)5-7-17/h4-15,31H,1-3H3,(H,29,33)(H,30,32)/t15-/m1/s1. The van der Waals surface area contributed by atoms with Crippen LogP contribution in [0.4, 0.5) is 15.8 Å². The lowest BCUT2D eigenvalue weighted by atomic mass is 10.1. The predicted octanol–water partition coefficient (Wildman–Crippen LogP) is 3.67. The van der Waals surface area contributed by atoms with Crippen molar-refractivity contribution in [2.75, 3.05) is 24.3 Å². The highest BCUT2D eigenvalue weighted by molar-refractivity contribution is 7.92. The number of aromatic nitrogens is 1. The Kier molecular flexibility index (Phi) is 8.05. The van der Waals surface area contributed by atoms with Crippen LogP contribution in [0.2, 0.25) is 0 Å². The smallest absolute Gasteiger partial charge is 0.339 e. The summed E-state index contributed by atoms with van der Waals surface area (Å²) in [6, 6.07) is 14.1. The van der Waals surface area contributed by atoms with Gasteiger partial charge in [0.1, 0.15) is 17.3 Å². The summed E-state index contributed by atoms with van der Waals surface area (Å²) in [6.45, 7) is 1.34. The SMILES string of the molecule is COc1cc(NC(=O)[C@@H](C)OC(=O)c2cc(=O)[nH]c3ccc(S(=O)(=O)Nc4ccc(F)cc4)cc23)cc(OC)c1. The zero-order valence-electron chi connectivity index (χ0n) is 21.5. The maximum Gasteiger partial charge on any atom is 0.339 e. The van der Waals surface area contributed by atoms with Crippen LogP contribution in [0.25, 0.3) is 10.9 Å². The van der Waals surface area contributed by atoms with E-state index in [-0.39, 0.29) is 27.0 Å². The second-order valence-corrected chi connectivity index (χ2v) is 10.2. The van der Waals surface area contributed by atoms with Gasteiger partial charge in [-0.2, -0.15) is 0 Å². The van der Waals surface area contributed by atoms with E-state index in [1.807, 2.05) is 0 Å². The van der Waals surface area contributed by atoms with Gasteiger partial charge in [-0.1, -0.05) is 0 Å². The number of ether oxygens (including phenoxy) is 3. The largest absolute Gasteiger partial charge is 0.497 e. The number of esters is 1. The van der Waals surface area contributed by atoms with E-state index in [0.29, 0.717) is 17.2 Å². The summed E-state index contributed by atoms with van der Waals surface area (Å²) >= 11 is 0. The number of halogens is 1. The lowest BCUT2D eigenvalue weighted by Gasteiger charge is -2.15. The summed E-state index contributed by atoms with van der Waals surface area (Å²) in [4.78, 5) is 40.3. The van der Waals surface area contributed by atoms with Crippen molar-refractivity contribution in [1.29, 1.82) is 0 Å². The number of carbonyl (C=O) groups excluding carboxylic acids is 2. The highest BCUT2D eigenvalue weighted by atomic mass is 32.2. The number of anilines is 2. The molecule has 4 rings (SSSR count). The Labute approximate surface area is 227 Å². The summed E-state index contributed by atoms with van der Waals surface area (Å²) in [7, 11) is -1.25. The quantitative estimate of drug-likeness (QED) is 0.258. The van der Waals surface area contributed by atoms with Gasteiger partial charge in [-0.3, -0.25) is 14.3 Å². The number of rotatable bonds is 9. The van der Waals surface area contributed by atoms with Gasteiger partial charge in [0.2, 0.25) is 5.56 Å². The van der Waals surface area contributed by atoms with Crippen LogP contribution in [0, 0.1) is 5.82 Å². The molecule has 1 aromatic heterocycles. The number of methoxy groups -OCH3 is 2. The third-order valence-electron chi connectivity index (χ3n) is 5.71. The van der Waals surface area contributed by atoms with Gasteiger partial charge >= 0.3 is 5.97 Å². The first kappa shape index (κ1) is 28.1. The van der Waals surface area contributed by atoms with Crippen molar-refractivity contribution < 1.29 is 36.6 Å². The molecule has 1 heterocycles. The Hall–Kier alpha value is -4.91. The Morgan fingerprint density at radius 1 is 0.900 bits per heavy atom. The average Bonchev–Trinajstić information content (AvgIpc) is 2.92. The Bertz CT molecular complexity index is 1730. The van der Waals surface area contributed by atoms with Crippen LogP contribution < -0.4 is 25.1 Å². The summed E-state index contributed by atoms with van der Waals surface area (Å²) in [5, 5.41) is 2.66. The molecular formula is C27H24FN3O8S. The second-order valence-electron chi connectivity index (χ2n) is 8.51. The summed E-state index contributed by atoms with van der Waals surface area (Å²) in [6.07, 6.45) is -1.30. The zero-order chi connectivity index (χ0) is 29.0. The van der Waals surface area contributed by atoms with Gasteiger partial charge in [-0.05, 0) is 49.4 Å². The van der Waals surface area contributed by atoms with Gasteiger partial charge in [0, 0.05) is 46.5 Å². The van der Waals surface area contributed by atoms with E-state index in [4.69, 9.17) is 14.2 Å². The fourth-order valence-corrected chi connectivity index (χ4v) is 4.79. The molecule has 0 aliphatic rings. The molecule has 0 saturated heterocycles. The topological polar surface area (TPSA) is 153 Å². The van der Waals surface area contributed by atoms with Crippen molar-refractivity contribution in [2.24, 2.45) is 0 Å². The minimum atomic E-state index is -4.15. The van der Waals surface area contributed by atoms with Crippen molar-refractivity contribution in [1.82, 2.24) is 4.98 Å². The van der Waals surface area contributed by atoms with Crippen molar-refractivity contribution in [3.8, 4) is 11.5 Å². The molecule has 0 saturated carbocycles. The molecule has 208 valence electrons. The summed E-state index contributed by atoms with van der Waals surface area (Å²) < 4.78 is 57.1. The van der Waals surface area contributed by atoms with E-state index in [1.54, 1.807) is 18.2 Å². The number of sulfonamides is 1. The number of carbonyl (C=O) groups is 2. The van der Waals surface area contributed by atoms with E-state index < -0.39 is 39.4 Å². The molecule has 1 amide bonds. The van der Waals surface area contributed by atoms with E-state index >= 15 is 0 Å². The number of hydrogen-bond acceptors (Lipinski definition) is 8. The minimum absolute atomic E-state index is 0.0664. The Morgan fingerprint density at radius 3 is 2.17 bits per heavy atom. The zero-order valence-corrected chi connectivity index (χ0v) is 22.3. The van der Waals surface area contributed by atoms with Gasteiger partial charge in [0.15, 0.2) is 6.10 Å². The highest BCUT2D eigenvalue weighted by Gasteiger charge is 2.23. The molecular weight excluding hydrogens is 545 g/mol. The van der Waals surface area contributed by atoms with Crippen LogP contribution in [0.1, 0.15) is 17.3 Å². The Balaban J connectivity index is 1.58. The predicted molar refractivity (Wildman–Crippen MR) is 145 cm³/mol. The van der Waals surface area contributed by atoms with Crippen LogP contribution in [0.15, 0.2) is 76.4 Å². The van der Waals surface area contributed by atoms with Crippen LogP contribution >= 0.6 is 0 Å². The fraction of sp³-hybridized carbons (Fsp3) is 0.148. The molecule has 0 fully saturated rings. The first-order chi connectivity index (χ1) is 19.0. The lowest BCUT2D eigenvalue weighted by Crippen LogP contribution is -2.30. The minimum Gasteiger partial charge on any atom is -0.497 e. The molecule has 1 atom stereocenters. The molecule has 40 heavy (non-hydrogen) atoms. The lowest BCUT2D eigenvalue weighted by molar-refractivity contribution is -0.123. The van der Waals surface area contributed by atoms with E-state index in [9.17, 15) is 27.2 Å². The average molecular weight is 570 g/mol. The molecule has 4 aromatic rings. The number of aromatic amines is 1. The van der Waals surface area contributed by atoms with Gasteiger partial charge < -0.3 is 24.5 Å². The van der Waals surface area contributed by atoms with Crippen molar-refractivity contribution >= 4 is 44.2 Å². The van der Waals surface area contributed by atoms with E-state index in [1.165, 1.54) is 51.5 Å². The monoisotopic (exact) mass is 569 g/mol. The van der Waals surface area contributed by atoms with Crippen molar-refractivity contribution in [2.45, 2.75) is 17.9 Å². The molecule has 0 spiro atoms. The number of pyridine rings is 1. The van der Waals surface area contributed by atoms with Crippen molar-refractivity contribution in [3.05, 3.63) is 88.5 Å². The second kappa shape index (κ2) is 11.5. The highest BCUT2D eigenvalue weighted by Crippen LogP contribution is 2.26. The number of amides is 1. The molecule has 13 heteroatoms. The molecule has 0 aliphatic heterocycles. The first-order valence-electron chi connectivity index (χ1n) is 11.7. The van der Waals surface area contributed by atoms with Crippen molar-refractivity contribution in [3.63, 3.8) is 0 Å².